The maximum atomic E-state index is 12.9. The zero-order chi connectivity index (χ0) is 19.3. The lowest BCUT2D eigenvalue weighted by atomic mass is 9.83. The van der Waals surface area contributed by atoms with Crippen LogP contribution in [0.1, 0.15) is 18.0 Å². The predicted molar refractivity (Wildman–Crippen MR) is 102 cm³/mol. The van der Waals surface area contributed by atoms with Crippen LogP contribution in [0.4, 0.5) is 0 Å². The van der Waals surface area contributed by atoms with Crippen molar-refractivity contribution < 1.29 is 4.79 Å². The molecule has 0 aliphatic carbocycles. The van der Waals surface area contributed by atoms with E-state index in [0.717, 1.165) is 16.8 Å². The van der Waals surface area contributed by atoms with Gasteiger partial charge in [-0.05, 0) is 30.5 Å². The van der Waals surface area contributed by atoms with Crippen LogP contribution in [0.25, 0.3) is 10.9 Å². The van der Waals surface area contributed by atoms with Crippen LogP contribution in [-0.2, 0) is 17.9 Å². The first-order valence-electron chi connectivity index (χ1n) is 9.40. The highest BCUT2D eigenvalue weighted by Crippen LogP contribution is 2.34. The minimum atomic E-state index is -0.312. The normalized spacial score (nSPS) is 20.8. The molecular formula is C20H19N5O3. The van der Waals surface area contributed by atoms with E-state index in [9.17, 15) is 14.4 Å². The van der Waals surface area contributed by atoms with Crippen molar-refractivity contribution in [2.75, 3.05) is 13.1 Å². The molecule has 2 unspecified atom stereocenters. The number of nitrogens with zero attached hydrogens (tertiary/aromatic N) is 5. The Kier molecular flexibility index (Phi) is 3.85. The Bertz CT molecular complexity index is 1200. The highest BCUT2D eigenvalue weighted by Gasteiger charge is 2.36. The molecule has 1 saturated heterocycles. The fraction of sp³-hybridized carbons (Fsp3) is 0.350. The monoisotopic (exact) mass is 377 g/mol. The van der Waals surface area contributed by atoms with Gasteiger partial charge in [0.05, 0.1) is 5.39 Å². The molecule has 0 N–H and O–H groups in total. The van der Waals surface area contributed by atoms with Crippen molar-refractivity contribution in [2.45, 2.75) is 25.4 Å². The van der Waals surface area contributed by atoms with Crippen LogP contribution in [0.5, 0.6) is 0 Å². The van der Waals surface area contributed by atoms with Gasteiger partial charge in [0.25, 0.3) is 11.1 Å². The predicted octanol–water partition coefficient (Wildman–Crippen LogP) is 0.599. The van der Waals surface area contributed by atoms with Crippen LogP contribution in [0.2, 0.25) is 0 Å². The van der Waals surface area contributed by atoms with Gasteiger partial charge in [-0.2, -0.15) is 0 Å². The van der Waals surface area contributed by atoms with Gasteiger partial charge in [0.1, 0.15) is 12.1 Å². The number of carbonyl (C=O) groups is 1. The van der Waals surface area contributed by atoms with Crippen LogP contribution in [-0.4, -0.2) is 43.5 Å². The van der Waals surface area contributed by atoms with Crippen molar-refractivity contribution in [3.8, 4) is 0 Å². The summed E-state index contributed by atoms with van der Waals surface area (Å²) in [5, 5.41) is 8.42. The number of piperidine rings is 1. The number of rotatable bonds is 2. The minimum Gasteiger partial charge on any atom is -0.340 e. The van der Waals surface area contributed by atoms with Crippen LogP contribution < -0.4 is 11.1 Å². The highest BCUT2D eigenvalue weighted by atomic mass is 16.2. The molecule has 0 radical (unpaired) electrons. The fourth-order valence-electron chi connectivity index (χ4n) is 4.46. The van der Waals surface area contributed by atoms with E-state index in [0.29, 0.717) is 30.5 Å². The Labute approximate surface area is 160 Å². The van der Waals surface area contributed by atoms with E-state index in [1.165, 1.54) is 0 Å². The molecule has 1 amide bonds. The van der Waals surface area contributed by atoms with Gasteiger partial charge >= 0.3 is 0 Å². The molecule has 2 aliphatic rings. The largest absolute Gasteiger partial charge is 0.340 e. The molecular weight excluding hydrogens is 358 g/mol. The molecule has 0 spiro atoms. The molecule has 8 heteroatoms. The number of aromatic nitrogens is 4. The Morgan fingerprint density at radius 3 is 2.79 bits per heavy atom. The van der Waals surface area contributed by atoms with Crippen molar-refractivity contribution in [3.63, 3.8) is 0 Å². The van der Waals surface area contributed by atoms with Gasteiger partial charge in [-0.1, -0.05) is 23.4 Å². The number of pyridine rings is 1. The SMILES string of the molecule is O=C(Cn1nnc2ccccc2c1=O)N1CC2CC(C1)c1cccc(=O)n1C2. The maximum Gasteiger partial charge on any atom is 0.278 e. The Morgan fingerprint density at radius 2 is 1.89 bits per heavy atom. The van der Waals surface area contributed by atoms with Crippen molar-refractivity contribution in [1.29, 1.82) is 0 Å². The van der Waals surface area contributed by atoms with E-state index in [2.05, 4.69) is 10.3 Å². The first-order chi connectivity index (χ1) is 13.6. The number of hydrogen-bond donors (Lipinski definition) is 0. The Hall–Kier alpha value is -3.29. The summed E-state index contributed by atoms with van der Waals surface area (Å²) in [4.78, 5) is 39.4. The lowest BCUT2D eigenvalue weighted by molar-refractivity contribution is -0.134. The standard InChI is InChI=1S/C20H19N5O3/c26-18-7-3-6-17-14-8-13(10-24(17)18)9-23(11-14)19(27)12-25-20(28)15-4-1-2-5-16(15)21-22-25/h1-7,13-14H,8-12H2. The summed E-state index contributed by atoms with van der Waals surface area (Å²) in [5.41, 5.74) is 1.22. The first kappa shape index (κ1) is 16.9. The number of hydrogen-bond acceptors (Lipinski definition) is 5. The second-order valence-corrected chi connectivity index (χ2v) is 7.57. The molecule has 2 bridgehead atoms. The molecule has 1 fully saturated rings. The number of fused-ring (bicyclic) bond motifs is 5. The third-order valence-electron chi connectivity index (χ3n) is 5.75. The van der Waals surface area contributed by atoms with Crippen molar-refractivity contribution in [3.05, 3.63) is 68.9 Å². The summed E-state index contributed by atoms with van der Waals surface area (Å²) in [6.45, 7) is 1.64. The quantitative estimate of drug-likeness (QED) is 0.652. The molecule has 8 nitrogen and oxygen atoms in total. The summed E-state index contributed by atoms with van der Waals surface area (Å²) in [6, 6.07) is 12.3. The van der Waals surface area contributed by atoms with Crippen LogP contribution in [0.3, 0.4) is 0 Å². The van der Waals surface area contributed by atoms with E-state index < -0.39 is 0 Å². The van der Waals surface area contributed by atoms with E-state index in [4.69, 9.17) is 0 Å². The molecule has 4 heterocycles. The van der Waals surface area contributed by atoms with E-state index >= 15 is 0 Å². The summed E-state index contributed by atoms with van der Waals surface area (Å²) in [7, 11) is 0. The molecule has 2 aliphatic heterocycles. The average Bonchev–Trinajstić information content (AvgIpc) is 2.71. The summed E-state index contributed by atoms with van der Waals surface area (Å²) in [5.74, 6) is 0.243. The first-order valence-corrected chi connectivity index (χ1v) is 9.40. The Balaban J connectivity index is 1.40. The van der Waals surface area contributed by atoms with Crippen LogP contribution in [0.15, 0.2) is 52.1 Å². The van der Waals surface area contributed by atoms with Gasteiger partial charge < -0.3 is 9.47 Å². The van der Waals surface area contributed by atoms with Gasteiger partial charge in [-0.3, -0.25) is 14.4 Å². The fourth-order valence-corrected chi connectivity index (χ4v) is 4.46. The van der Waals surface area contributed by atoms with Gasteiger partial charge in [-0.15, -0.1) is 5.10 Å². The molecule has 1 aromatic carbocycles. The molecule has 0 saturated carbocycles. The van der Waals surface area contributed by atoms with Gasteiger partial charge in [0, 0.05) is 37.3 Å². The van der Waals surface area contributed by atoms with Crippen molar-refractivity contribution in [1.82, 2.24) is 24.5 Å². The molecule has 2 atom stereocenters. The topological polar surface area (TPSA) is 90.1 Å². The third-order valence-corrected chi connectivity index (χ3v) is 5.75. The number of amides is 1. The smallest absolute Gasteiger partial charge is 0.278 e. The average molecular weight is 377 g/mol. The summed E-state index contributed by atoms with van der Waals surface area (Å²) >= 11 is 0. The van der Waals surface area contributed by atoms with Gasteiger partial charge in [0.15, 0.2) is 0 Å². The number of likely N-dealkylation sites (tertiary alicyclic amines) is 1. The number of benzene rings is 1. The summed E-state index contributed by atoms with van der Waals surface area (Å²) in [6.07, 6.45) is 0.975. The molecule has 5 rings (SSSR count). The molecule has 3 aromatic rings. The minimum absolute atomic E-state index is 0.0185. The van der Waals surface area contributed by atoms with Crippen molar-refractivity contribution >= 4 is 16.8 Å². The molecule has 2 aromatic heterocycles. The van der Waals surface area contributed by atoms with E-state index in [1.807, 2.05) is 10.6 Å². The van der Waals surface area contributed by atoms with Gasteiger partial charge in [0.2, 0.25) is 5.91 Å². The zero-order valence-corrected chi connectivity index (χ0v) is 15.2. The second-order valence-electron chi connectivity index (χ2n) is 7.57. The van der Waals surface area contributed by atoms with Gasteiger partial charge in [-0.25, -0.2) is 4.68 Å². The van der Waals surface area contributed by atoms with E-state index in [-0.39, 0.29) is 35.4 Å². The molecule has 28 heavy (non-hydrogen) atoms. The lowest BCUT2D eigenvalue weighted by Crippen LogP contribution is -2.50. The number of carbonyl (C=O) groups excluding carboxylic acids is 1. The zero-order valence-electron chi connectivity index (χ0n) is 15.2. The second kappa shape index (κ2) is 6.40. The molecule has 142 valence electrons. The summed E-state index contributed by atoms with van der Waals surface area (Å²) < 4.78 is 2.97. The van der Waals surface area contributed by atoms with Crippen molar-refractivity contribution in [2.24, 2.45) is 5.92 Å². The highest BCUT2D eigenvalue weighted by molar-refractivity contribution is 5.78. The lowest BCUT2D eigenvalue weighted by Gasteiger charge is -2.42. The third kappa shape index (κ3) is 2.72. The van der Waals surface area contributed by atoms with Crippen LogP contribution in [0, 0.1) is 5.92 Å². The van der Waals surface area contributed by atoms with Crippen LogP contribution >= 0.6 is 0 Å². The van der Waals surface area contributed by atoms with E-state index in [1.54, 1.807) is 41.3 Å². The Morgan fingerprint density at radius 1 is 1.04 bits per heavy atom. The maximum absolute atomic E-state index is 12.9.